The lowest BCUT2D eigenvalue weighted by atomic mass is 9.93. The van der Waals surface area contributed by atoms with E-state index in [0.717, 1.165) is 79.7 Å². The van der Waals surface area contributed by atoms with E-state index in [0.29, 0.717) is 29.9 Å². The molecule has 2 aromatic carbocycles. The van der Waals surface area contributed by atoms with Crippen LogP contribution in [0.3, 0.4) is 0 Å². The Kier molecular flexibility index (Phi) is 17.6. The molecule has 2 atom stereocenters. The number of nitrogens with one attached hydrogen (secondary N) is 6. The number of benzene rings is 2. The van der Waals surface area contributed by atoms with Gasteiger partial charge in [-0.2, -0.15) is 20.2 Å². The molecular formula is C43H61N11O4. The van der Waals surface area contributed by atoms with Gasteiger partial charge in [0.1, 0.15) is 0 Å². The maximum atomic E-state index is 13.0. The second kappa shape index (κ2) is 22.8. The highest BCUT2D eigenvalue weighted by atomic mass is 16.2. The Morgan fingerprint density at radius 2 is 1.07 bits per heavy atom. The van der Waals surface area contributed by atoms with E-state index in [4.69, 9.17) is 0 Å². The normalized spacial score (nSPS) is 12.3. The number of aryl methyl sites for hydroxylation is 1. The van der Waals surface area contributed by atoms with Crippen molar-refractivity contribution in [2.24, 2.45) is 10.2 Å². The summed E-state index contributed by atoms with van der Waals surface area (Å²) in [5.41, 5.74) is 5.38. The van der Waals surface area contributed by atoms with Crippen molar-refractivity contribution in [1.29, 1.82) is 0 Å². The zero-order valence-corrected chi connectivity index (χ0v) is 35.1. The highest BCUT2D eigenvalue weighted by Crippen LogP contribution is 2.27. The first-order valence-corrected chi connectivity index (χ1v) is 20.6. The molecule has 4 amide bonds. The summed E-state index contributed by atoms with van der Waals surface area (Å²) in [5, 5.41) is 19.8. The molecule has 0 aliphatic heterocycles. The lowest BCUT2D eigenvalue weighted by Crippen LogP contribution is -2.41. The summed E-state index contributed by atoms with van der Waals surface area (Å²) in [6.45, 7) is 15.2. The largest absolute Gasteiger partial charge is 0.368 e. The van der Waals surface area contributed by atoms with Gasteiger partial charge in [0.05, 0.1) is 11.4 Å². The maximum Gasteiger partial charge on any atom is 0.321 e. The lowest BCUT2D eigenvalue weighted by molar-refractivity contribution is 0.251. The Hall–Kier alpha value is -5.86. The Labute approximate surface area is 341 Å². The molecule has 0 saturated carbocycles. The van der Waals surface area contributed by atoms with Crippen LogP contribution in [0.4, 0.5) is 38.5 Å². The number of azo groups is 1. The molecule has 15 heteroatoms. The number of carbonyl (C=O) groups is 2. The van der Waals surface area contributed by atoms with E-state index in [1.807, 2.05) is 60.4 Å². The van der Waals surface area contributed by atoms with E-state index >= 15 is 0 Å². The summed E-state index contributed by atoms with van der Waals surface area (Å²) in [7, 11) is 0. The van der Waals surface area contributed by atoms with Gasteiger partial charge in [-0.05, 0) is 94.7 Å². The first kappa shape index (κ1) is 44.8. The van der Waals surface area contributed by atoms with Crippen LogP contribution in [0.1, 0.15) is 119 Å². The molecule has 0 radical (unpaired) electrons. The Balaban J connectivity index is 1.43. The van der Waals surface area contributed by atoms with E-state index in [-0.39, 0.29) is 47.9 Å². The molecule has 2 aromatic heterocycles. The number of carbonyl (C=O) groups excluding carboxylic acids is 2. The number of amides is 4. The maximum absolute atomic E-state index is 13.0. The zero-order chi connectivity index (χ0) is 42.0. The van der Waals surface area contributed by atoms with Crippen LogP contribution in [-0.2, 0) is 0 Å². The molecule has 0 bridgehead atoms. The Morgan fingerprint density at radius 1 is 0.655 bits per heavy atom. The van der Waals surface area contributed by atoms with Crippen molar-refractivity contribution in [3.05, 3.63) is 97.3 Å². The van der Waals surface area contributed by atoms with E-state index in [9.17, 15) is 19.2 Å². The zero-order valence-electron chi connectivity index (χ0n) is 35.1. The Bertz CT molecular complexity index is 1980. The first-order chi connectivity index (χ1) is 28.0. The van der Waals surface area contributed by atoms with Crippen molar-refractivity contribution in [3.8, 4) is 0 Å². The predicted molar refractivity (Wildman–Crippen MR) is 232 cm³/mol. The van der Waals surface area contributed by atoms with Crippen LogP contribution >= 0.6 is 0 Å². The molecule has 15 nitrogen and oxygen atoms in total. The molecule has 58 heavy (non-hydrogen) atoms. The Morgan fingerprint density at radius 3 is 1.47 bits per heavy atom. The van der Waals surface area contributed by atoms with Gasteiger partial charge in [0.25, 0.3) is 11.1 Å². The van der Waals surface area contributed by atoms with Crippen molar-refractivity contribution < 1.29 is 9.59 Å². The minimum atomic E-state index is -0.511. The van der Waals surface area contributed by atoms with Crippen LogP contribution in [0.5, 0.6) is 0 Å². The van der Waals surface area contributed by atoms with Crippen LogP contribution < -0.4 is 37.3 Å². The molecule has 2 unspecified atom stereocenters. The van der Waals surface area contributed by atoms with Gasteiger partial charge in [0, 0.05) is 54.4 Å². The number of H-pyrrole nitrogens is 2. The summed E-state index contributed by atoms with van der Waals surface area (Å²) in [6.07, 6.45) is 7.75. The third kappa shape index (κ3) is 13.4. The lowest BCUT2D eigenvalue weighted by Gasteiger charge is -2.25. The summed E-state index contributed by atoms with van der Waals surface area (Å²) >= 11 is 0. The summed E-state index contributed by atoms with van der Waals surface area (Å²) in [4.78, 5) is 68.1. The van der Waals surface area contributed by atoms with E-state index < -0.39 is 12.1 Å². The van der Waals surface area contributed by atoms with Gasteiger partial charge in [0.15, 0.2) is 0 Å². The standard InChI is InChI=1S/C43H61N11O4/c1-8-12-14-31(10-3)36-29(6)38(55)48-40(46-36)50-42(57)44-24-26-54(35-22-20-34(21-23-35)53-52-33-18-16-28(5)17-19-33)27-25-45-43(58)51-41-47-37(30(7)39(56)49-41)32(11-4)15-13-9-2/h16-23,31-32H,8-15,24-27H2,1-7H3,(H3,44,46,48,50,55,57)(H3,45,47,49,51,56,58)/b53-52+. The van der Waals surface area contributed by atoms with Crippen molar-refractivity contribution in [1.82, 2.24) is 30.6 Å². The molecule has 6 N–H and O–H groups in total. The fraction of sp³-hybridized carbons (Fsp3) is 0.488. The number of anilines is 3. The van der Waals surface area contributed by atoms with Crippen molar-refractivity contribution in [3.63, 3.8) is 0 Å². The number of aromatic nitrogens is 4. The van der Waals surface area contributed by atoms with Gasteiger partial charge < -0.3 is 25.5 Å². The third-order valence-corrected chi connectivity index (χ3v) is 10.3. The fourth-order valence-corrected chi connectivity index (χ4v) is 6.78. The number of hydrogen-bond donors (Lipinski definition) is 6. The third-order valence-electron chi connectivity index (χ3n) is 10.3. The molecule has 0 spiro atoms. The smallest absolute Gasteiger partial charge is 0.321 e. The molecule has 0 aliphatic carbocycles. The molecular weight excluding hydrogens is 735 g/mol. The predicted octanol–water partition coefficient (Wildman–Crippen LogP) is 9.01. The fourth-order valence-electron chi connectivity index (χ4n) is 6.78. The number of urea groups is 2. The van der Waals surface area contributed by atoms with Gasteiger partial charge in [-0.3, -0.25) is 20.2 Å². The summed E-state index contributed by atoms with van der Waals surface area (Å²) in [5.74, 6) is 0.526. The average molecular weight is 796 g/mol. The van der Waals surface area contributed by atoms with Crippen LogP contribution in [0.2, 0.25) is 0 Å². The second-order valence-electron chi connectivity index (χ2n) is 14.7. The first-order valence-electron chi connectivity index (χ1n) is 20.6. The molecule has 0 fully saturated rings. The van der Waals surface area contributed by atoms with E-state index in [1.165, 1.54) is 0 Å². The van der Waals surface area contributed by atoms with E-state index in [1.54, 1.807) is 13.8 Å². The van der Waals surface area contributed by atoms with Gasteiger partial charge in [0.2, 0.25) is 11.9 Å². The van der Waals surface area contributed by atoms with Crippen molar-refractivity contribution >= 4 is 41.0 Å². The van der Waals surface area contributed by atoms with Gasteiger partial charge in [-0.25, -0.2) is 9.59 Å². The number of aromatic amines is 2. The topological polar surface area (TPSA) is 202 Å². The van der Waals surface area contributed by atoms with Crippen molar-refractivity contribution in [2.75, 3.05) is 41.7 Å². The molecule has 4 rings (SSSR count). The van der Waals surface area contributed by atoms with Crippen LogP contribution in [0.25, 0.3) is 0 Å². The molecule has 2 heterocycles. The minimum absolute atomic E-state index is 0.100. The van der Waals surface area contributed by atoms with Crippen molar-refractivity contribution in [2.45, 2.75) is 112 Å². The monoisotopic (exact) mass is 795 g/mol. The van der Waals surface area contributed by atoms with Gasteiger partial charge >= 0.3 is 12.1 Å². The van der Waals surface area contributed by atoms with Crippen LogP contribution in [0.15, 0.2) is 68.3 Å². The van der Waals surface area contributed by atoms with Gasteiger partial charge in [-0.1, -0.05) is 71.1 Å². The highest BCUT2D eigenvalue weighted by molar-refractivity contribution is 5.87. The summed E-state index contributed by atoms with van der Waals surface area (Å²) in [6, 6.07) is 14.3. The molecule has 0 aliphatic rings. The second-order valence-corrected chi connectivity index (χ2v) is 14.7. The van der Waals surface area contributed by atoms with Crippen LogP contribution in [-0.4, -0.2) is 58.2 Å². The number of hydrogen-bond acceptors (Lipinski definition) is 9. The number of unbranched alkanes of at least 4 members (excludes halogenated alkanes) is 2. The molecule has 0 saturated heterocycles. The SMILES string of the molecule is CCCCC(CC)c1[nH]c(NC(=O)NCCN(CCNC(=O)Nc2nc(=O)c(C)c(C(CC)CCCC)[nH]2)c2ccc(/N=N/c3ccc(C)cc3)cc2)nc(=O)c1C. The average Bonchev–Trinajstić information content (AvgIpc) is 3.21. The van der Waals surface area contributed by atoms with Gasteiger partial charge in [-0.15, -0.1) is 0 Å². The number of nitrogens with zero attached hydrogens (tertiary/aromatic N) is 5. The highest BCUT2D eigenvalue weighted by Gasteiger charge is 2.19. The number of rotatable bonds is 21. The van der Waals surface area contributed by atoms with E-state index in [2.05, 4.69) is 79.1 Å². The molecule has 4 aromatic rings. The van der Waals surface area contributed by atoms with Crippen LogP contribution in [0, 0.1) is 20.8 Å². The molecule has 312 valence electrons. The quantitative estimate of drug-likeness (QED) is 0.0452. The minimum Gasteiger partial charge on any atom is -0.368 e. The summed E-state index contributed by atoms with van der Waals surface area (Å²) < 4.78 is 0.